The minimum Gasteiger partial charge on any atom is -0.311 e. The first-order chi connectivity index (χ1) is 6.89. The van der Waals surface area contributed by atoms with Gasteiger partial charge in [0.1, 0.15) is 0 Å². The van der Waals surface area contributed by atoms with Crippen molar-refractivity contribution in [1.82, 2.24) is 5.32 Å². The maximum Gasteiger partial charge on any atom is 0.390 e. The minimum absolute atomic E-state index is 0.234. The van der Waals surface area contributed by atoms with Gasteiger partial charge < -0.3 is 5.32 Å². The molecule has 0 spiro atoms. The van der Waals surface area contributed by atoms with Crippen molar-refractivity contribution < 1.29 is 13.2 Å². The maximum atomic E-state index is 12.1. The lowest BCUT2D eigenvalue weighted by Gasteiger charge is -2.23. The second-order valence-electron chi connectivity index (χ2n) is 4.16. The predicted molar refractivity (Wildman–Crippen MR) is 56.9 cm³/mol. The van der Waals surface area contributed by atoms with Gasteiger partial charge in [-0.1, -0.05) is 26.7 Å². The summed E-state index contributed by atoms with van der Waals surface area (Å²) in [6.07, 6.45) is -0.870. The van der Waals surface area contributed by atoms with Crippen molar-refractivity contribution in [1.29, 1.82) is 0 Å². The second-order valence-corrected chi connectivity index (χ2v) is 4.16. The van der Waals surface area contributed by atoms with Crippen molar-refractivity contribution >= 4 is 0 Å². The van der Waals surface area contributed by atoms with Gasteiger partial charge in [0.15, 0.2) is 0 Å². The van der Waals surface area contributed by atoms with Crippen LogP contribution >= 0.6 is 0 Å². The molecule has 0 fully saturated rings. The number of alkyl halides is 3. The molecule has 1 N–H and O–H groups in total. The van der Waals surface area contributed by atoms with Gasteiger partial charge in [0.2, 0.25) is 0 Å². The van der Waals surface area contributed by atoms with Gasteiger partial charge in [0.05, 0.1) is 6.42 Å². The van der Waals surface area contributed by atoms with Crippen LogP contribution in [0.1, 0.15) is 52.9 Å². The van der Waals surface area contributed by atoms with Crippen LogP contribution in [-0.4, -0.2) is 18.3 Å². The van der Waals surface area contributed by atoms with Crippen molar-refractivity contribution in [3.05, 3.63) is 0 Å². The lowest BCUT2D eigenvalue weighted by molar-refractivity contribution is -0.139. The number of hydrogen-bond acceptors (Lipinski definition) is 1. The Morgan fingerprint density at radius 3 is 1.87 bits per heavy atom. The minimum atomic E-state index is -4.06. The molecule has 0 saturated carbocycles. The summed E-state index contributed by atoms with van der Waals surface area (Å²) < 4.78 is 36.3. The maximum absolute atomic E-state index is 12.1. The van der Waals surface area contributed by atoms with Gasteiger partial charge in [-0.2, -0.15) is 13.2 Å². The third kappa shape index (κ3) is 8.73. The Hall–Kier alpha value is -0.250. The molecule has 1 atom stereocenters. The van der Waals surface area contributed by atoms with E-state index in [0.29, 0.717) is 0 Å². The molecule has 0 bridgehead atoms. The molecule has 0 rings (SSSR count). The molecule has 0 radical (unpaired) electrons. The molecule has 0 heterocycles. The van der Waals surface area contributed by atoms with E-state index in [1.165, 1.54) is 0 Å². The van der Waals surface area contributed by atoms with Crippen molar-refractivity contribution in [3.8, 4) is 0 Å². The Labute approximate surface area is 90.4 Å². The van der Waals surface area contributed by atoms with E-state index in [1.807, 2.05) is 0 Å². The highest BCUT2D eigenvalue weighted by atomic mass is 19.4. The summed E-state index contributed by atoms with van der Waals surface area (Å²) in [7, 11) is 0. The molecular formula is C11H22F3N. The summed E-state index contributed by atoms with van der Waals surface area (Å²) in [6.45, 7) is 5.71. The number of nitrogens with one attached hydrogen (secondary N) is 1. The first-order valence-electron chi connectivity index (χ1n) is 5.71. The molecule has 0 aromatic rings. The van der Waals surface area contributed by atoms with Crippen LogP contribution in [0.15, 0.2) is 0 Å². The van der Waals surface area contributed by atoms with Crippen LogP contribution in [0.5, 0.6) is 0 Å². The molecule has 4 heteroatoms. The Morgan fingerprint density at radius 1 is 1.07 bits per heavy atom. The largest absolute Gasteiger partial charge is 0.390 e. The third-order valence-corrected chi connectivity index (χ3v) is 2.33. The van der Waals surface area contributed by atoms with Crippen LogP contribution in [-0.2, 0) is 0 Å². The summed E-state index contributed by atoms with van der Waals surface area (Å²) in [4.78, 5) is 0. The summed E-state index contributed by atoms with van der Waals surface area (Å²) >= 11 is 0. The van der Waals surface area contributed by atoms with Crippen LogP contribution < -0.4 is 5.32 Å². The average Bonchev–Trinajstić information content (AvgIpc) is 2.00. The van der Waals surface area contributed by atoms with E-state index in [9.17, 15) is 13.2 Å². The first-order valence-corrected chi connectivity index (χ1v) is 5.71. The van der Waals surface area contributed by atoms with Crippen LogP contribution in [0, 0.1) is 0 Å². The van der Waals surface area contributed by atoms with E-state index in [1.54, 1.807) is 6.92 Å². The standard InChI is InChI=1S/C11H22F3N/c1-4-6-10(7-5-2)15-9(3)8-11(12,13)14/h9-10,15H,4-8H2,1-3H3. The first kappa shape index (κ1) is 14.8. The van der Waals surface area contributed by atoms with Gasteiger partial charge in [-0.3, -0.25) is 0 Å². The van der Waals surface area contributed by atoms with E-state index in [0.717, 1.165) is 25.7 Å². The fraction of sp³-hybridized carbons (Fsp3) is 1.00. The third-order valence-electron chi connectivity index (χ3n) is 2.33. The molecular weight excluding hydrogens is 203 g/mol. The summed E-state index contributed by atoms with van der Waals surface area (Å²) in [5.74, 6) is 0. The van der Waals surface area contributed by atoms with E-state index < -0.39 is 18.6 Å². The fourth-order valence-electron chi connectivity index (χ4n) is 1.82. The average molecular weight is 225 g/mol. The van der Waals surface area contributed by atoms with Crippen LogP contribution in [0.2, 0.25) is 0 Å². The van der Waals surface area contributed by atoms with Gasteiger partial charge in [-0.15, -0.1) is 0 Å². The molecule has 0 saturated heterocycles. The van der Waals surface area contributed by atoms with Crippen LogP contribution in [0.25, 0.3) is 0 Å². The highest BCUT2D eigenvalue weighted by Crippen LogP contribution is 2.22. The monoisotopic (exact) mass is 225 g/mol. The quantitative estimate of drug-likeness (QED) is 0.693. The van der Waals surface area contributed by atoms with Gasteiger partial charge in [-0.05, 0) is 19.8 Å². The van der Waals surface area contributed by atoms with Gasteiger partial charge in [0.25, 0.3) is 0 Å². The summed E-state index contributed by atoms with van der Waals surface area (Å²) in [5.41, 5.74) is 0. The molecule has 0 aromatic carbocycles. The molecule has 0 aliphatic heterocycles. The molecule has 1 nitrogen and oxygen atoms in total. The molecule has 0 aliphatic rings. The zero-order chi connectivity index (χ0) is 11.9. The van der Waals surface area contributed by atoms with Gasteiger partial charge >= 0.3 is 6.18 Å². The number of hydrogen-bond donors (Lipinski definition) is 1. The SMILES string of the molecule is CCCC(CCC)NC(C)CC(F)(F)F. The smallest absolute Gasteiger partial charge is 0.311 e. The molecule has 92 valence electrons. The summed E-state index contributed by atoms with van der Waals surface area (Å²) in [5, 5.41) is 3.06. The van der Waals surface area contributed by atoms with Gasteiger partial charge in [-0.25, -0.2) is 0 Å². The molecule has 0 aliphatic carbocycles. The van der Waals surface area contributed by atoms with Gasteiger partial charge in [0, 0.05) is 12.1 Å². The van der Waals surface area contributed by atoms with Crippen molar-refractivity contribution in [2.75, 3.05) is 0 Å². The fourth-order valence-corrected chi connectivity index (χ4v) is 1.82. The lowest BCUT2D eigenvalue weighted by atomic mass is 10.0. The molecule has 15 heavy (non-hydrogen) atoms. The predicted octanol–water partition coefficient (Wildman–Crippen LogP) is 3.89. The second kappa shape index (κ2) is 7.09. The van der Waals surface area contributed by atoms with Crippen LogP contribution in [0.4, 0.5) is 13.2 Å². The lowest BCUT2D eigenvalue weighted by Crippen LogP contribution is -2.39. The van der Waals surface area contributed by atoms with Crippen molar-refractivity contribution in [3.63, 3.8) is 0 Å². The topological polar surface area (TPSA) is 12.0 Å². The zero-order valence-corrected chi connectivity index (χ0v) is 9.82. The van der Waals surface area contributed by atoms with E-state index in [-0.39, 0.29) is 6.04 Å². The zero-order valence-electron chi connectivity index (χ0n) is 9.82. The van der Waals surface area contributed by atoms with E-state index in [4.69, 9.17) is 0 Å². The number of halogens is 3. The Kier molecular flexibility index (Phi) is 6.98. The summed E-state index contributed by atoms with van der Waals surface area (Å²) in [6, 6.07) is -0.245. The molecule has 0 aromatic heterocycles. The Balaban J connectivity index is 3.93. The number of rotatable bonds is 7. The van der Waals surface area contributed by atoms with Crippen molar-refractivity contribution in [2.24, 2.45) is 0 Å². The molecule has 1 unspecified atom stereocenters. The highest BCUT2D eigenvalue weighted by molar-refractivity contribution is 4.73. The Morgan fingerprint density at radius 2 is 1.53 bits per heavy atom. The Bertz CT molecular complexity index is 150. The van der Waals surface area contributed by atoms with E-state index in [2.05, 4.69) is 19.2 Å². The molecule has 0 amide bonds. The van der Waals surface area contributed by atoms with Crippen molar-refractivity contribution in [2.45, 2.75) is 71.1 Å². The van der Waals surface area contributed by atoms with E-state index >= 15 is 0 Å². The highest BCUT2D eigenvalue weighted by Gasteiger charge is 2.30. The normalized spacial score (nSPS) is 14.6. The van der Waals surface area contributed by atoms with Crippen LogP contribution in [0.3, 0.4) is 0 Å².